The number of aryl methyl sites for hydroxylation is 1. The van der Waals surface area contributed by atoms with E-state index in [1.54, 1.807) is 12.1 Å². The number of amides is 1. The lowest BCUT2D eigenvalue weighted by atomic mass is 10.0. The molecular formula is C19H22ClFN2O2. The van der Waals surface area contributed by atoms with Gasteiger partial charge in [0.25, 0.3) is 0 Å². The summed E-state index contributed by atoms with van der Waals surface area (Å²) < 4.78 is 19.5. The average Bonchev–Trinajstić information content (AvgIpc) is 2.60. The number of halogens is 2. The Morgan fingerprint density at radius 1 is 1.20 bits per heavy atom. The molecule has 0 aromatic heterocycles. The summed E-state index contributed by atoms with van der Waals surface area (Å²) in [6, 6.07) is 10.7. The van der Waals surface area contributed by atoms with Gasteiger partial charge in [0.2, 0.25) is 5.91 Å². The van der Waals surface area contributed by atoms with Crippen LogP contribution in [0.15, 0.2) is 36.4 Å². The lowest BCUT2D eigenvalue weighted by Gasteiger charge is -2.17. The van der Waals surface area contributed by atoms with E-state index in [2.05, 4.69) is 5.32 Å². The Kier molecular flexibility index (Phi) is 6.79. The fraction of sp³-hybridized carbons (Fsp3) is 0.316. The summed E-state index contributed by atoms with van der Waals surface area (Å²) in [4.78, 5) is 12.1. The molecule has 0 saturated heterocycles. The highest BCUT2D eigenvalue weighted by atomic mass is 35.5. The molecule has 6 heteroatoms. The third kappa shape index (κ3) is 4.94. The predicted molar refractivity (Wildman–Crippen MR) is 97.3 cm³/mol. The second-order valence-corrected chi connectivity index (χ2v) is 5.98. The first-order valence-corrected chi connectivity index (χ1v) is 8.14. The molecule has 3 N–H and O–H groups in total. The van der Waals surface area contributed by atoms with Crippen LogP contribution in [0.4, 0.5) is 4.39 Å². The van der Waals surface area contributed by atoms with Gasteiger partial charge in [0, 0.05) is 18.7 Å². The highest BCUT2D eigenvalue weighted by Crippen LogP contribution is 2.25. The standard InChI is InChI=1S/C19H21FN2O2.ClH/c20-17-9-14(11-21)3-5-16(17)12-22-19(23)10-13-4-6-18-15(8-13)2-1-7-24-18;/h3-6,8-9H,1-2,7,10-12,21H2,(H,22,23);1H. The number of rotatable bonds is 5. The van der Waals surface area contributed by atoms with E-state index in [0.717, 1.165) is 41.9 Å². The minimum atomic E-state index is -0.343. The van der Waals surface area contributed by atoms with E-state index in [1.165, 1.54) is 6.07 Å². The van der Waals surface area contributed by atoms with E-state index < -0.39 is 0 Å². The normalized spacial score (nSPS) is 12.6. The molecular weight excluding hydrogens is 343 g/mol. The molecule has 134 valence electrons. The van der Waals surface area contributed by atoms with Gasteiger partial charge < -0.3 is 15.8 Å². The molecule has 0 bridgehead atoms. The third-order valence-electron chi connectivity index (χ3n) is 4.17. The lowest BCUT2D eigenvalue weighted by Crippen LogP contribution is -2.25. The van der Waals surface area contributed by atoms with Crippen molar-refractivity contribution in [3.05, 3.63) is 64.5 Å². The molecule has 2 aromatic carbocycles. The maximum absolute atomic E-state index is 13.9. The van der Waals surface area contributed by atoms with Crippen LogP contribution in [0.25, 0.3) is 0 Å². The summed E-state index contributed by atoms with van der Waals surface area (Å²) >= 11 is 0. The zero-order valence-corrected chi connectivity index (χ0v) is 14.7. The molecule has 4 nitrogen and oxygen atoms in total. The zero-order valence-electron chi connectivity index (χ0n) is 13.9. The first-order chi connectivity index (χ1) is 11.7. The second-order valence-electron chi connectivity index (χ2n) is 5.98. The van der Waals surface area contributed by atoms with Gasteiger partial charge in [-0.25, -0.2) is 4.39 Å². The molecule has 1 heterocycles. The number of carbonyl (C=O) groups is 1. The molecule has 0 atom stereocenters. The summed E-state index contributed by atoms with van der Waals surface area (Å²) in [6.07, 6.45) is 2.25. The number of hydrogen-bond donors (Lipinski definition) is 2. The Labute approximate surface area is 153 Å². The van der Waals surface area contributed by atoms with E-state index in [-0.39, 0.29) is 37.1 Å². The van der Waals surface area contributed by atoms with Crippen molar-refractivity contribution in [3.63, 3.8) is 0 Å². The number of benzene rings is 2. The Bertz CT molecular complexity index is 752. The highest BCUT2D eigenvalue weighted by molar-refractivity contribution is 5.85. The van der Waals surface area contributed by atoms with Crippen LogP contribution in [-0.2, 0) is 30.7 Å². The first kappa shape index (κ1) is 19.2. The zero-order chi connectivity index (χ0) is 16.9. The SMILES string of the molecule is Cl.NCc1ccc(CNC(=O)Cc2ccc3c(c2)CCCO3)c(F)c1. The van der Waals surface area contributed by atoms with Crippen LogP contribution in [0.2, 0.25) is 0 Å². The lowest BCUT2D eigenvalue weighted by molar-refractivity contribution is -0.120. The molecule has 1 aliphatic heterocycles. The Morgan fingerprint density at radius 2 is 2.00 bits per heavy atom. The number of carbonyl (C=O) groups excluding carboxylic acids is 1. The molecule has 0 radical (unpaired) electrons. The van der Waals surface area contributed by atoms with Crippen LogP contribution in [0, 0.1) is 5.82 Å². The van der Waals surface area contributed by atoms with Gasteiger partial charge in [0.1, 0.15) is 11.6 Å². The van der Waals surface area contributed by atoms with E-state index in [0.29, 0.717) is 12.1 Å². The van der Waals surface area contributed by atoms with Crippen molar-refractivity contribution in [2.45, 2.75) is 32.4 Å². The van der Waals surface area contributed by atoms with Gasteiger partial charge in [-0.3, -0.25) is 4.79 Å². The van der Waals surface area contributed by atoms with Gasteiger partial charge in [-0.2, -0.15) is 0 Å². The van der Waals surface area contributed by atoms with Crippen molar-refractivity contribution in [2.75, 3.05) is 6.61 Å². The van der Waals surface area contributed by atoms with Gasteiger partial charge in [-0.1, -0.05) is 24.3 Å². The number of nitrogens with one attached hydrogen (secondary N) is 1. The van der Waals surface area contributed by atoms with Gasteiger partial charge in [0.05, 0.1) is 13.0 Å². The maximum Gasteiger partial charge on any atom is 0.224 e. The van der Waals surface area contributed by atoms with Crippen molar-refractivity contribution < 1.29 is 13.9 Å². The summed E-state index contributed by atoms with van der Waals surface area (Å²) in [5.74, 6) is 0.436. The molecule has 0 saturated carbocycles. The van der Waals surface area contributed by atoms with Crippen molar-refractivity contribution in [1.82, 2.24) is 5.32 Å². The molecule has 0 aliphatic carbocycles. The minimum Gasteiger partial charge on any atom is -0.493 e. The van der Waals surface area contributed by atoms with Crippen molar-refractivity contribution in [1.29, 1.82) is 0 Å². The summed E-state index contributed by atoms with van der Waals surface area (Å²) in [6.45, 7) is 1.22. The average molecular weight is 365 g/mol. The van der Waals surface area contributed by atoms with Crippen LogP contribution >= 0.6 is 12.4 Å². The highest BCUT2D eigenvalue weighted by Gasteiger charge is 2.12. The van der Waals surface area contributed by atoms with Gasteiger partial charge in [-0.15, -0.1) is 12.4 Å². The van der Waals surface area contributed by atoms with Crippen molar-refractivity contribution >= 4 is 18.3 Å². The summed E-state index contributed by atoms with van der Waals surface area (Å²) in [5.41, 5.74) is 8.76. The smallest absolute Gasteiger partial charge is 0.224 e. The van der Waals surface area contributed by atoms with Crippen LogP contribution in [0.5, 0.6) is 5.75 Å². The van der Waals surface area contributed by atoms with Crippen molar-refractivity contribution in [2.24, 2.45) is 5.73 Å². The molecule has 2 aromatic rings. The Balaban J connectivity index is 0.00000225. The van der Waals surface area contributed by atoms with Crippen LogP contribution < -0.4 is 15.8 Å². The number of hydrogen-bond acceptors (Lipinski definition) is 3. The van der Waals surface area contributed by atoms with E-state index >= 15 is 0 Å². The van der Waals surface area contributed by atoms with Crippen LogP contribution in [0.1, 0.15) is 28.7 Å². The molecule has 0 unspecified atom stereocenters. The Morgan fingerprint density at radius 3 is 2.76 bits per heavy atom. The fourth-order valence-electron chi connectivity index (χ4n) is 2.83. The summed E-state index contributed by atoms with van der Waals surface area (Å²) in [7, 11) is 0. The third-order valence-corrected chi connectivity index (χ3v) is 4.17. The fourth-order valence-corrected chi connectivity index (χ4v) is 2.83. The van der Waals surface area contributed by atoms with Gasteiger partial charge in [-0.05, 0) is 41.7 Å². The van der Waals surface area contributed by atoms with E-state index in [1.807, 2.05) is 18.2 Å². The van der Waals surface area contributed by atoms with Gasteiger partial charge >= 0.3 is 0 Å². The molecule has 3 rings (SSSR count). The summed E-state index contributed by atoms with van der Waals surface area (Å²) in [5, 5.41) is 2.76. The maximum atomic E-state index is 13.9. The largest absolute Gasteiger partial charge is 0.493 e. The molecule has 1 aliphatic rings. The van der Waals surface area contributed by atoms with Crippen LogP contribution in [0.3, 0.4) is 0 Å². The van der Waals surface area contributed by atoms with Gasteiger partial charge in [0.15, 0.2) is 0 Å². The minimum absolute atomic E-state index is 0. The molecule has 0 spiro atoms. The quantitative estimate of drug-likeness (QED) is 0.857. The van der Waals surface area contributed by atoms with E-state index in [4.69, 9.17) is 10.5 Å². The number of ether oxygens (including phenoxy) is 1. The monoisotopic (exact) mass is 364 g/mol. The van der Waals surface area contributed by atoms with E-state index in [9.17, 15) is 9.18 Å². The first-order valence-electron chi connectivity index (χ1n) is 8.14. The molecule has 25 heavy (non-hydrogen) atoms. The molecule has 0 fully saturated rings. The number of fused-ring (bicyclic) bond motifs is 1. The van der Waals surface area contributed by atoms with Crippen molar-refractivity contribution in [3.8, 4) is 5.75 Å². The second kappa shape index (κ2) is 8.83. The topological polar surface area (TPSA) is 64.3 Å². The Hall–Kier alpha value is -2.11. The predicted octanol–water partition coefficient (Wildman–Crippen LogP) is 2.89. The molecule has 1 amide bonds. The number of nitrogens with two attached hydrogens (primary N) is 1. The van der Waals surface area contributed by atoms with Crippen LogP contribution in [-0.4, -0.2) is 12.5 Å².